The van der Waals surface area contributed by atoms with E-state index in [-0.39, 0.29) is 11.7 Å². The summed E-state index contributed by atoms with van der Waals surface area (Å²) in [5, 5.41) is 22.7. The predicted octanol–water partition coefficient (Wildman–Crippen LogP) is 1.30. The smallest absolute Gasteiger partial charge is 0.307 e. The van der Waals surface area contributed by atoms with Gasteiger partial charge < -0.3 is 10.2 Å². The normalized spacial score (nSPS) is 18.0. The van der Waals surface area contributed by atoms with Crippen LogP contribution in [0.5, 0.6) is 5.75 Å². The molecule has 0 saturated heterocycles. The molecule has 2 N–H and O–H groups in total. The molecule has 2 aromatic rings. The maximum atomic E-state index is 11.0. The Balaban J connectivity index is 1.91. The molecule has 0 bridgehead atoms. The lowest BCUT2D eigenvalue weighted by Crippen LogP contribution is -2.26. The average Bonchev–Trinajstić information content (AvgIpc) is 2.82. The number of hydrogen-bond acceptors (Lipinski definition) is 4. The summed E-state index contributed by atoms with van der Waals surface area (Å²) < 4.78 is 1.77. The number of hydrogen-bond donors (Lipinski definition) is 2. The summed E-state index contributed by atoms with van der Waals surface area (Å²) in [5.74, 6) is 0.325. The third-order valence-electron chi connectivity index (χ3n) is 3.34. The number of carbonyl (C=O) groups is 1. The van der Waals surface area contributed by atoms with Crippen LogP contribution < -0.4 is 0 Å². The van der Waals surface area contributed by atoms with E-state index in [9.17, 15) is 9.90 Å². The summed E-state index contributed by atoms with van der Waals surface area (Å²) >= 11 is 0. The Kier molecular flexibility index (Phi) is 2.70. The van der Waals surface area contributed by atoms with Gasteiger partial charge in [0.1, 0.15) is 11.6 Å². The third kappa shape index (κ3) is 2.16. The Morgan fingerprint density at radius 2 is 2.05 bits per heavy atom. The highest BCUT2D eigenvalue weighted by molar-refractivity contribution is 5.70. The zero-order valence-corrected chi connectivity index (χ0v) is 10.2. The maximum absolute atomic E-state index is 11.0. The van der Waals surface area contributed by atoms with Crippen LogP contribution in [-0.2, 0) is 17.8 Å². The van der Waals surface area contributed by atoms with Crippen molar-refractivity contribution < 1.29 is 15.0 Å². The number of phenolic OH excluding ortho intramolecular Hbond substituents is 1. The lowest BCUT2D eigenvalue weighted by atomic mass is 9.98. The quantitative estimate of drug-likeness (QED) is 0.848. The number of aromatic hydroxyl groups is 1. The molecule has 6 heteroatoms. The van der Waals surface area contributed by atoms with Crippen LogP contribution in [0.1, 0.15) is 12.2 Å². The van der Waals surface area contributed by atoms with Crippen LogP contribution in [0.25, 0.3) is 11.4 Å². The molecular weight excluding hydrogens is 246 g/mol. The first-order valence-electron chi connectivity index (χ1n) is 6.09. The summed E-state index contributed by atoms with van der Waals surface area (Å²) in [5.41, 5.74) is 0.812. The Morgan fingerprint density at radius 3 is 2.74 bits per heavy atom. The van der Waals surface area contributed by atoms with Gasteiger partial charge in [0.05, 0.1) is 5.92 Å². The van der Waals surface area contributed by atoms with E-state index in [4.69, 9.17) is 5.11 Å². The van der Waals surface area contributed by atoms with Gasteiger partial charge >= 0.3 is 5.97 Å². The topological polar surface area (TPSA) is 88.2 Å². The lowest BCUT2D eigenvalue weighted by Gasteiger charge is -2.17. The second-order valence-corrected chi connectivity index (χ2v) is 4.65. The van der Waals surface area contributed by atoms with E-state index in [0.717, 1.165) is 5.56 Å². The van der Waals surface area contributed by atoms with E-state index >= 15 is 0 Å². The van der Waals surface area contributed by atoms with E-state index in [1.54, 1.807) is 28.9 Å². The Bertz CT molecular complexity index is 619. The van der Waals surface area contributed by atoms with Crippen molar-refractivity contribution in [2.24, 2.45) is 5.92 Å². The average molecular weight is 259 g/mol. The minimum Gasteiger partial charge on any atom is -0.508 e. The molecule has 1 unspecified atom stereocenters. The number of aryl methyl sites for hydroxylation is 1. The van der Waals surface area contributed by atoms with E-state index < -0.39 is 5.97 Å². The second-order valence-electron chi connectivity index (χ2n) is 4.65. The fourth-order valence-electron chi connectivity index (χ4n) is 2.25. The highest BCUT2D eigenvalue weighted by Crippen LogP contribution is 2.23. The minimum absolute atomic E-state index is 0.193. The number of rotatable bonds is 2. The first-order chi connectivity index (χ1) is 9.13. The first kappa shape index (κ1) is 11.7. The highest BCUT2D eigenvalue weighted by atomic mass is 16.4. The molecule has 0 fully saturated rings. The van der Waals surface area contributed by atoms with Gasteiger partial charge in [-0.15, -0.1) is 0 Å². The molecule has 98 valence electrons. The molecule has 2 heterocycles. The maximum Gasteiger partial charge on any atom is 0.307 e. The molecule has 19 heavy (non-hydrogen) atoms. The number of fused-ring (bicyclic) bond motifs is 1. The predicted molar refractivity (Wildman–Crippen MR) is 66.6 cm³/mol. The molecule has 1 aliphatic rings. The van der Waals surface area contributed by atoms with Crippen LogP contribution >= 0.6 is 0 Å². The lowest BCUT2D eigenvalue weighted by molar-refractivity contribution is -0.142. The summed E-state index contributed by atoms with van der Waals surface area (Å²) in [6, 6.07) is 6.64. The number of aromatic nitrogens is 3. The summed E-state index contributed by atoms with van der Waals surface area (Å²) in [6.07, 6.45) is 1.00. The molecule has 0 saturated carbocycles. The second kappa shape index (κ2) is 4.38. The number of phenols is 1. The van der Waals surface area contributed by atoms with E-state index in [0.29, 0.717) is 31.0 Å². The molecule has 1 aliphatic heterocycles. The van der Waals surface area contributed by atoms with Crippen LogP contribution in [0.15, 0.2) is 24.3 Å². The Morgan fingerprint density at radius 1 is 1.32 bits per heavy atom. The fraction of sp³-hybridized carbons (Fsp3) is 0.308. The van der Waals surface area contributed by atoms with Crippen molar-refractivity contribution in [2.45, 2.75) is 19.4 Å². The molecule has 0 spiro atoms. The van der Waals surface area contributed by atoms with Gasteiger partial charge in [0.25, 0.3) is 0 Å². The van der Waals surface area contributed by atoms with Gasteiger partial charge in [-0.2, -0.15) is 5.10 Å². The highest BCUT2D eigenvalue weighted by Gasteiger charge is 2.26. The van der Waals surface area contributed by atoms with E-state index in [2.05, 4.69) is 10.1 Å². The summed E-state index contributed by atoms with van der Waals surface area (Å²) in [6.45, 7) is 0.581. The largest absolute Gasteiger partial charge is 0.508 e. The van der Waals surface area contributed by atoms with E-state index in [1.165, 1.54) is 0 Å². The number of nitrogens with zero attached hydrogens (tertiary/aromatic N) is 3. The van der Waals surface area contributed by atoms with Crippen molar-refractivity contribution >= 4 is 5.97 Å². The van der Waals surface area contributed by atoms with Gasteiger partial charge in [-0.1, -0.05) is 0 Å². The van der Waals surface area contributed by atoms with Gasteiger partial charge in [0.2, 0.25) is 0 Å². The zero-order chi connectivity index (χ0) is 13.4. The van der Waals surface area contributed by atoms with Crippen molar-refractivity contribution in [3.8, 4) is 17.1 Å². The molecule has 0 aliphatic carbocycles. The van der Waals surface area contributed by atoms with Crippen LogP contribution in [-0.4, -0.2) is 30.9 Å². The molecule has 1 aromatic carbocycles. The van der Waals surface area contributed by atoms with Gasteiger partial charge in [0, 0.05) is 18.5 Å². The van der Waals surface area contributed by atoms with Crippen LogP contribution in [0.3, 0.4) is 0 Å². The third-order valence-corrected chi connectivity index (χ3v) is 3.34. The molecular formula is C13H13N3O3. The zero-order valence-electron chi connectivity index (χ0n) is 10.2. The fourth-order valence-corrected chi connectivity index (χ4v) is 2.25. The Hall–Kier alpha value is -2.37. The molecule has 0 amide bonds. The first-order valence-corrected chi connectivity index (χ1v) is 6.09. The van der Waals surface area contributed by atoms with Gasteiger partial charge in [-0.05, 0) is 30.7 Å². The van der Waals surface area contributed by atoms with Gasteiger partial charge in [-0.3, -0.25) is 4.79 Å². The van der Waals surface area contributed by atoms with Crippen LogP contribution in [0, 0.1) is 5.92 Å². The SMILES string of the molecule is O=C(O)C1CCn2nc(-c3ccc(O)cc3)nc2C1. The van der Waals surface area contributed by atoms with Crippen molar-refractivity contribution in [2.75, 3.05) is 0 Å². The molecule has 3 rings (SSSR count). The monoisotopic (exact) mass is 259 g/mol. The molecule has 0 radical (unpaired) electrons. The van der Waals surface area contributed by atoms with Crippen LogP contribution in [0.2, 0.25) is 0 Å². The standard InChI is InChI=1S/C13H13N3O3/c17-10-3-1-8(2-4-10)12-14-11-7-9(13(18)19)5-6-16(11)15-12/h1-4,9,17H,5-7H2,(H,18,19). The summed E-state index contributed by atoms with van der Waals surface area (Å²) in [7, 11) is 0. The number of aliphatic carboxylic acids is 1. The van der Waals surface area contributed by atoms with Gasteiger partial charge in [-0.25, -0.2) is 9.67 Å². The van der Waals surface area contributed by atoms with Crippen molar-refractivity contribution in [1.82, 2.24) is 14.8 Å². The number of carboxylic acid groups (broad SMARTS) is 1. The molecule has 6 nitrogen and oxygen atoms in total. The molecule has 1 atom stereocenters. The molecule has 1 aromatic heterocycles. The number of benzene rings is 1. The van der Waals surface area contributed by atoms with E-state index in [1.807, 2.05) is 0 Å². The van der Waals surface area contributed by atoms with Crippen molar-refractivity contribution in [3.05, 3.63) is 30.1 Å². The number of carboxylic acids is 1. The summed E-state index contributed by atoms with van der Waals surface area (Å²) in [4.78, 5) is 15.4. The van der Waals surface area contributed by atoms with Crippen molar-refractivity contribution in [3.63, 3.8) is 0 Å². The van der Waals surface area contributed by atoms with Crippen molar-refractivity contribution in [1.29, 1.82) is 0 Å². The Labute approximate surface area is 109 Å². The minimum atomic E-state index is -0.777. The van der Waals surface area contributed by atoms with Crippen LogP contribution in [0.4, 0.5) is 0 Å². The van der Waals surface area contributed by atoms with Gasteiger partial charge in [0.15, 0.2) is 5.82 Å².